The van der Waals surface area contributed by atoms with Gasteiger partial charge in [-0.25, -0.2) is 4.98 Å². The van der Waals surface area contributed by atoms with E-state index in [0.717, 1.165) is 5.69 Å². The lowest BCUT2D eigenvalue weighted by molar-refractivity contribution is -0.137. The minimum Gasteiger partial charge on any atom is -0.481 e. The van der Waals surface area contributed by atoms with Gasteiger partial charge in [0, 0.05) is 54.6 Å². The van der Waals surface area contributed by atoms with Crippen LogP contribution in [0.25, 0.3) is 33.3 Å². The Bertz CT molecular complexity index is 1830. The third-order valence-corrected chi connectivity index (χ3v) is 8.28. The van der Waals surface area contributed by atoms with Crippen LogP contribution >= 0.6 is 0 Å². The Kier molecular flexibility index (Phi) is 9.27. The molecule has 0 atom stereocenters. The van der Waals surface area contributed by atoms with Gasteiger partial charge in [-0.2, -0.15) is 16.8 Å². The van der Waals surface area contributed by atoms with Crippen molar-refractivity contribution in [3.8, 4) is 11.5 Å². The average molecular weight is 606 g/mol. The molecule has 0 saturated heterocycles. The van der Waals surface area contributed by atoms with E-state index in [2.05, 4.69) is 4.99 Å². The highest BCUT2D eigenvalue weighted by Crippen LogP contribution is 2.33. The Morgan fingerprint density at radius 3 is 2.44 bits per heavy atom. The second-order valence-electron chi connectivity index (χ2n) is 9.60. The molecular formula is C27H31N3O9S2. The molecule has 0 spiro atoms. The van der Waals surface area contributed by atoms with Crippen LogP contribution in [0.5, 0.6) is 0 Å². The number of carbonyl (C=O) groups is 1. The number of nitrogens with zero attached hydrogens (tertiary/aromatic N) is 3. The highest BCUT2D eigenvalue weighted by molar-refractivity contribution is 7.86. The van der Waals surface area contributed by atoms with Gasteiger partial charge in [0.05, 0.1) is 16.0 Å². The number of unbranched alkanes of at least 4 members (excludes halogenated alkanes) is 2. The van der Waals surface area contributed by atoms with E-state index in [-0.39, 0.29) is 23.5 Å². The Morgan fingerprint density at radius 2 is 1.76 bits per heavy atom. The van der Waals surface area contributed by atoms with E-state index >= 15 is 0 Å². The predicted molar refractivity (Wildman–Crippen MR) is 153 cm³/mol. The van der Waals surface area contributed by atoms with Crippen molar-refractivity contribution < 1.29 is 40.3 Å². The Balaban J connectivity index is 1.78. The monoisotopic (exact) mass is 605 g/mol. The molecule has 12 nitrogen and oxygen atoms in total. The van der Waals surface area contributed by atoms with Crippen LogP contribution in [0.1, 0.15) is 39.0 Å². The zero-order valence-electron chi connectivity index (χ0n) is 22.4. The molecule has 0 fully saturated rings. The van der Waals surface area contributed by atoms with Crippen LogP contribution in [-0.4, -0.2) is 67.4 Å². The summed E-state index contributed by atoms with van der Waals surface area (Å²) in [5.41, 5.74) is 2.08. The maximum atomic E-state index is 11.9. The molecule has 2 aromatic carbocycles. The van der Waals surface area contributed by atoms with Crippen molar-refractivity contribution in [1.82, 2.24) is 4.98 Å². The molecule has 41 heavy (non-hydrogen) atoms. The summed E-state index contributed by atoms with van der Waals surface area (Å²) >= 11 is 0. The third kappa shape index (κ3) is 7.79. The summed E-state index contributed by atoms with van der Waals surface area (Å²) in [6, 6.07) is 11.2. The van der Waals surface area contributed by atoms with E-state index in [1.807, 2.05) is 17.9 Å². The van der Waals surface area contributed by atoms with Gasteiger partial charge in [-0.1, -0.05) is 12.5 Å². The molecule has 14 heteroatoms. The second kappa shape index (κ2) is 12.5. The quantitative estimate of drug-likeness (QED) is 0.0865. The molecule has 0 unspecified atom stereocenters. The minimum atomic E-state index is -4.48. The van der Waals surface area contributed by atoms with Gasteiger partial charge in [0.1, 0.15) is 11.2 Å². The summed E-state index contributed by atoms with van der Waals surface area (Å²) in [7, 11) is -8.54. The van der Waals surface area contributed by atoms with Crippen molar-refractivity contribution in [3.63, 3.8) is 0 Å². The fourth-order valence-electron chi connectivity index (χ4n) is 4.61. The van der Waals surface area contributed by atoms with Crippen molar-refractivity contribution in [2.45, 2.75) is 43.9 Å². The van der Waals surface area contributed by atoms with E-state index in [1.165, 1.54) is 12.1 Å². The Morgan fingerprint density at radius 1 is 0.976 bits per heavy atom. The van der Waals surface area contributed by atoms with Crippen LogP contribution in [0, 0.1) is 0 Å². The van der Waals surface area contributed by atoms with Gasteiger partial charge < -0.3 is 14.4 Å². The highest BCUT2D eigenvalue weighted by Gasteiger charge is 2.19. The number of aromatic nitrogens is 1. The lowest BCUT2D eigenvalue weighted by Gasteiger charge is -2.23. The van der Waals surface area contributed by atoms with Crippen molar-refractivity contribution in [2.75, 3.05) is 30.3 Å². The van der Waals surface area contributed by atoms with Crippen LogP contribution in [0.4, 0.5) is 5.69 Å². The van der Waals surface area contributed by atoms with Gasteiger partial charge in [0.25, 0.3) is 20.2 Å². The molecule has 4 rings (SSSR count). The third-order valence-electron chi connectivity index (χ3n) is 6.62. The summed E-state index contributed by atoms with van der Waals surface area (Å²) in [5.74, 6) is -0.853. The minimum absolute atomic E-state index is 0.0902. The maximum Gasteiger partial charge on any atom is 0.303 e. The molecule has 0 aromatic heterocycles. The van der Waals surface area contributed by atoms with Gasteiger partial charge in [-0.3, -0.25) is 18.9 Å². The Hall–Kier alpha value is -3.59. The summed E-state index contributed by atoms with van der Waals surface area (Å²) in [6.07, 6.45) is 2.22. The van der Waals surface area contributed by atoms with Crippen LogP contribution in [-0.2, 0) is 25.0 Å². The number of carboxylic acids is 1. The van der Waals surface area contributed by atoms with Crippen LogP contribution in [0.15, 0.2) is 56.8 Å². The Labute approximate surface area is 237 Å². The maximum absolute atomic E-state index is 11.9. The first kappa shape index (κ1) is 30.4. The average Bonchev–Trinajstić information content (AvgIpc) is 2.90. The zero-order valence-corrected chi connectivity index (χ0v) is 24.0. The van der Waals surface area contributed by atoms with E-state index in [4.69, 9.17) is 19.1 Å². The molecular weight excluding hydrogens is 574 g/mol. The lowest BCUT2D eigenvalue weighted by atomic mass is 10.0. The SMILES string of the molecule is CCN(CCCS(=O)(=O)O)c1ccc2nc3c4cc(S(=O)(=O)O)ccc4/c(=N\CCCCCC(=O)O)cc-3oc2c1. The summed E-state index contributed by atoms with van der Waals surface area (Å²) in [4.78, 5) is 21.8. The van der Waals surface area contributed by atoms with Crippen LogP contribution < -0.4 is 10.3 Å². The van der Waals surface area contributed by atoms with Gasteiger partial charge in [-0.05, 0) is 50.5 Å². The number of carboxylic acid groups (broad SMARTS) is 1. The van der Waals surface area contributed by atoms with E-state index in [1.54, 1.807) is 24.3 Å². The highest BCUT2D eigenvalue weighted by atomic mass is 32.2. The number of benzene rings is 3. The molecule has 0 amide bonds. The van der Waals surface area contributed by atoms with Crippen LogP contribution in [0.3, 0.4) is 0 Å². The van der Waals surface area contributed by atoms with E-state index in [9.17, 15) is 26.2 Å². The standard InChI is InChI=1S/C27H31N3O9S2/c1-2-30(13-6-14-40(33,34)35)18-8-11-22-24(15-18)39-25-17-23(28-12-5-3-4-7-26(31)32)20-10-9-19(41(36,37)38)16-21(20)27(25)29-22/h8-11,15-17H,2-7,12-14H2,1H3,(H,31,32)(H,33,34,35)(H,36,37,38)/b28-23-. The number of hydrogen-bond donors (Lipinski definition) is 3. The molecule has 1 heterocycles. The summed E-state index contributed by atoms with van der Waals surface area (Å²) in [6.45, 7) is 3.31. The number of hydrogen-bond acceptors (Lipinski definition) is 9. The summed E-state index contributed by atoms with van der Waals surface area (Å²) in [5, 5.41) is 10.4. The number of aliphatic carboxylic acids is 1. The van der Waals surface area contributed by atoms with Crippen LogP contribution in [0.2, 0.25) is 0 Å². The van der Waals surface area contributed by atoms with Crippen molar-refractivity contribution in [2.24, 2.45) is 4.99 Å². The normalized spacial score (nSPS) is 12.9. The fourth-order valence-corrected chi connectivity index (χ4v) is 5.62. The smallest absolute Gasteiger partial charge is 0.303 e. The van der Waals surface area contributed by atoms with E-state index in [0.29, 0.717) is 77.6 Å². The van der Waals surface area contributed by atoms with Crippen molar-refractivity contribution in [1.29, 1.82) is 0 Å². The fraction of sp³-hybridized carbons (Fsp3) is 0.370. The molecule has 220 valence electrons. The molecule has 2 aliphatic rings. The van der Waals surface area contributed by atoms with Gasteiger partial charge in [0.15, 0.2) is 11.3 Å². The van der Waals surface area contributed by atoms with Crippen molar-refractivity contribution in [3.05, 3.63) is 47.8 Å². The largest absolute Gasteiger partial charge is 0.481 e. The molecule has 1 aliphatic carbocycles. The van der Waals surface area contributed by atoms with Gasteiger partial charge in [-0.15, -0.1) is 0 Å². The molecule has 0 saturated carbocycles. The molecule has 0 bridgehead atoms. The first-order valence-electron chi connectivity index (χ1n) is 13.1. The number of rotatable bonds is 13. The predicted octanol–water partition coefficient (Wildman–Crippen LogP) is 3.98. The zero-order chi connectivity index (χ0) is 29.8. The lowest BCUT2D eigenvalue weighted by Crippen LogP contribution is -2.25. The number of fused-ring (bicyclic) bond motifs is 4. The second-order valence-corrected chi connectivity index (χ2v) is 12.6. The van der Waals surface area contributed by atoms with E-state index < -0.39 is 26.2 Å². The number of anilines is 1. The van der Waals surface area contributed by atoms with Gasteiger partial charge in [0.2, 0.25) is 0 Å². The molecule has 2 aromatic rings. The summed E-state index contributed by atoms with van der Waals surface area (Å²) < 4.78 is 70.9. The first-order chi connectivity index (χ1) is 19.4. The topological polar surface area (TPSA) is 188 Å². The van der Waals surface area contributed by atoms with Crippen molar-refractivity contribution >= 4 is 53.8 Å². The molecule has 0 radical (unpaired) electrons. The van der Waals surface area contributed by atoms with Gasteiger partial charge >= 0.3 is 5.97 Å². The molecule has 3 N–H and O–H groups in total. The molecule has 1 aliphatic heterocycles. The first-order valence-corrected chi connectivity index (χ1v) is 16.1.